The minimum atomic E-state index is -0.529. The molecule has 0 atom stereocenters. The summed E-state index contributed by atoms with van der Waals surface area (Å²) >= 11 is 0. The molecule has 0 aliphatic carbocycles. The van der Waals surface area contributed by atoms with Crippen molar-refractivity contribution >= 4 is 22.7 Å². The Hall–Kier alpha value is -2.95. The van der Waals surface area contributed by atoms with Crippen molar-refractivity contribution in [3.05, 3.63) is 65.1 Å². The van der Waals surface area contributed by atoms with Crippen LogP contribution in [0.15, 0.2) is 42.6 Å². The summed E-state index contributed by atoms with van der Waals surface area (Å²) < 4.78 is 5.18. The largest absolute Gasteiger partial charge is 0.454 e. The van der Waals surface area contributed by atoms with Crippen molar-refractivity contribution in [1.29, 1.82) is 0 Å². The molecule has 0 radical (unpaired) electrons. The number of nitrogens with zero attached hydrogens (tertiary/aromatic N) is 1. The van der Waals surface area contributed by atoms with Gasteiger partial charge in [-0.2, -0.15) is 0 Å². The van der Waals surface area contributed by atoms with Gasteiger partial charge in [0, 0.05) is 11.6 Å². The Bertz CT molecular complexity index is 883. The Morgan fingerprint density at radius 3 is 2.65 bits per heavy atom. The summed E-state index contributed by atoms with van der Waals surface area (Å²) in [6.45, 7) is 3.33. The molecule has 0 saturated heterocycles. The molecule has 0 aliphatic rings. The first-order valence-corrected chi connectivity index (χ1v) is 7.27. The van der Waals surface area contributed by atoms with E-state index in [9.17, 15) is 9.59 Å². The number of aromatic amines is 1. The van der Waals surface area contributed by atoms with Gasteiger partial charge in [0.1, 0.15) is 0 Å². The number of esters is 1. The lowest BCUT2D eigenvalue weighted by molar-refractivity contribution is 0.0472. The van der Waals surface area contributed by atoms with Gasteiger partial charge in [-0.05, 0) is 37.6 Å². The number of Topliss-reactive ketones (excluding diaryl/α,β-unsaturated/α-hetero) is 1. The maximum absolute atomic E-state index is 12.4. The van der Waals surface area contributed by atoms with E-state index in [0.29, 0.717) is 17.0 Å². The second kappa shape index (κ2) is 6.04. The third-order valence-electron chi connectivity index (χ3n) is 3.77. The highest BCUT2D eigenvalue weighted by Crippen LogP contribution is 2.23. The summed E-state index contributed by atoms with van der Waals surface area (Å²) in [5.41, 5.74) is 3.08. The third-order valence-corrected chi connectivity index (χ3v) is 3.77. The number of ketones is 1. The molecule has 1 N–H and O–H groups in total. The van der Waals surface area contributed by atoms with Gasteiger partial charge in [-0.3, -0.25) is 9.78 Å². The zero-order chi connectivity index (χ0) is 16.4. The lowest BCUT2D eigenvalue weighted by atomic mass is 10.0. The molecule has 0 spiro atoms. The van der Waals surface area contributed by atoms with Crippen LogP contribution < -0.4 is 0 Å². The molecule has 0 aliphatic heterocycles. The molecule has 0 fully saturated rings. The number of nitrogens with one attached hydrogen (secondary N) is 1. The number of carbonyl (C=O) groups is 2. The highest BCUT2D eigenvalue weighted by molar-refractivity contribution is 6.01. The number of para-hydroxylation sites is 1. The van der Waals surface area contributed by atoms with Gasteiger partial charge >= 0.3 is 5.97 Å². The fraction of sp³-hybridized carbons (Fsp3) is 0.167. The average molecular weight is 308 g/mol. The maximum Gasteiger partial charge on any atom is 0.340 e. The standard InChI is InChI=1S/C18H16N2O3/c1-11-13-6-3-4-7-14(13)20-12(2)17(11)18(22)23-10-16(21)15-8-5-9-19-15/h3-9,19H,10H2,1-2H3. The summed E-state index contributed by atoms with van der Waals surface area (Å²) in [5.74, 6) is -0.800. The number of rotatable bonds is 4. The molecular formula is C18H16N2O3. The highest BCUT2D eigenvalue weighted by atomic mass is 16.5. The molecule has 2 aromatic heterocycles. The smallest absolute Gasteiger partial charge is 0.340 e. The molecule has 5 nitrogen and oxygen atoms in total. The van der Waals surface area contributed by atoms with Gasteiger partial charge < -0.3 is 9.72 Å². The SMILES string of the molecule is Cc1nc2ccccc2c(C)c1C(=O)OCC(=O)c1ccc[nH]1. The average Bonchev–Trinajstić information content (AvgIpc) is 3.07. The first-order valence-electron chi connectivity index (χ1n) is 7.27. The summed E-state index contributed by atoms with van der Waals surface area (Å²) in [4.78, 5) is 31.5. The lowest BCUT2D eigenvalue weighted by Crippen LogP contribution is -2.17. The van der Waals surface area contributed by atoms with E-state index in [0.717, 1.165) is 16.5 Å². The lowest BCUT2D eigenvalue weighted by Gasteiger charge is -2.11. The molecular weight excluding hydrogens is 292 g/mol. The van der Waals surface area contributed by atoms with Crippen molar-refractivity contribution < 1.29 is 14.3 Å². The van der Waals surface area contributed by atoms with Gasteiger partial charge in [-0.25, -0.2) is 4.79 Å². The Balaban J connectivity index is 1.85. The fourth-order valence-electron chi connectivity index (χ4n) is 2.62. The van der Waals surface area contributed by atoms with Crippen LogP contribution >= 0.6 is 0 Å². The van der Waals surface area contributed by atoms with E-state index in [2.05, 4.69) is 9.97 Å². The highest BCUT2D eigenvalue weighted by Gasteiger charge is 2.19. The van der Waals surface area contributed by atoms with Crippen LogP contribution in [0.25, 0.3) is 10.9 Å². The monoisotopic (exact) mass is 308 g/mol. The van der Waals surface area contributed by atoms with Crippen LogP contribution in [-0.2, 0) is 4.74 Å². The normalized spacial score (nSPS) is 10.7. The zero-order valence-electron chi connectivity index (χ0n) is 12.9. The number of H-pyrrole nitrogens is 1. The van der Waals surface area contributed by atoms with Crippen LogP contribution in [-0.4, -0.2) is 28.3 Å². The van der Waals surface area contributed by atoms with Crippen molar-refractivity contribution in [2.45, 2.75) is 13.8 Å². The summed E-state index contributed by atoms with van der Waals surface area (Å²) in [5, 5.41) is 0.903. The van der Waals surface area contributed by atoms with Crippen LogP contribution in [0, 0.1) is 13.8 Å². The van der Waals surface area contributed by atoms with E-state index >= 15 is 0 Å². The van der Waals surface area contributed by atoms with Crippen LogP contribution in [0.4, 0.5) is 0 Å². The number of benzene rings is 1. The molecule has 0 saturated carbocycles. The van der Waals surface area contributed by atoms with E-state index in [-0.39, 0.29) is 12.4 Å². The quantitative estimate of drug-likeness (QED) is 0.593. The van der Waals surface area contributed by atoms with Gasteiger partial charge in [0.2, 0.25) is 5.78 Å². The van der Waals surface area contributed by atoms with Crippen LogP contribution in [0.1, 0.15) is 32.1 Å². The number of aryl methyl sites for hydroxylation is 2. The number of aromatic nitrogens is 2. The molecule has 23 heavy (non-hydrogen) atoms. The second-order valence-electron chi connectivity index (χ2n) is 5.30. The molecule has 3 rings (SSSR count). The summed E-state index contributed by atoms with van der Waals surface area (Å²) in [6.07, 6.45) is 1.65. The summed E-state index contributed by atoms with van der Waals surface area (Å²) in [6, 6.07) is 11.0. The zero-order valence-corrected chi connectivity index (χ0v) is 12.9. The molecule has 5 heteroatoms. The van der Waals surface area contributed by atoms with Gasteiger partial charge in [0.15, 0.2) is 6.61 Å². The third kappa shape index (κ3) is 2.85. The first-order chi connectivity index (χ1) is 11.1. The van der Waals surface area contributed by atoms with Crippen molar-refractivity contribution in [3.63, 3.8) is 0 Å². The Morgan fingerprint density at radius 2 is 1.91 bits per heavy atom. The van der Waals surface area contributed by atoms with Crippen molar-refractivity contribution in [3.8, 4) is 0 Å². The van der Waals surface area contributed by atoms with E-state index in [1.807, 2.05) is 31.2 Å². The molecule has 0 amide bonds. The van der Waals surface area contributed by atoms with E-state index in [1.165, 1.54) is 0 Å². The van der Waals surface area contributed by atoms with Gasteiger partial charge in [0.25, 0.3) is 0 Å². The van der Waals surface area contributed by atoms with Gasteiger partial charge in [0.05, 0.1) is 22.5 Å². The van der Waals surface area contributed by atoms with Crippen LogP contribution in [0.3, 0.4) is 0 Å². The number of carbonyl (C=O) groups excluding carboxylic acids is 2. The number of hydrogen-bond donors (Lipinski definition) is 1. The van der Waals surface area contributed by atoms with Crippen molar-refractivity contribution in [1.82, 2.24) is 9.97 Å². The molecule has 2 heterocycles. The Morgan fingerprint density at radius 1 is 1.13 bits per heavy atom. The minimum Gasteiger partial charge on any atom is -0.454 e. The minimum absolute atomic E-state index is 0.271. The molecule has 116 valence electrons. The number of hydrogen-bond acceptors (Lipinski definition) is 4. The number of pyridine rings is 1. The number of fused-ring (bicyclic) bond motifs is 1. The molecule has 1 aromatic carbocycles. The number of ether oxygens (including phenoxy) is 1. The first kappa shape index (κ1) is 15.0. The maximum atomic E-state index is 12.4. The van der Waals surface area contributed by atoms with Crippen molar-refractivity contribution in [2.75, 3.05) is 6.61 Å². The van der Waals surface area contributed by atoms with Gasteiger partial charge in [-0.1, -0.05) is 18.2 Å². The van der Waals surface area contributed by atoms with Crippen LogP contribution in [0.2, 0.25) is 0 Å². The van der Waals surface area contributed by atoms with Gasteiger partial charge in [-0.15, -0.1) is 0 Å². The Labute approximate surface area is 133 Å². The van der Waals surface area contributed by atoms with Crippen LogP contribution in [0.5, 0.6) is 0 Å². The molecule has 0 unspecified atom stereocenters. The Kier molecular flexibility index (Phi) is 3.93. The fourth-order valence-corrected chi connectivity index (χ4v) is 2.62. The van der Waals surface area contributed by atoms with E-state index in [4.69, 9.17) is 4.74 Å². The van der Waals surface area contributed by atoms with Crippen molar-refractivity contribution in [2.24, 2.45) is 0 Å². The van der Waals surface area contributed by atoms with E-state index in [1.54, 1.807) is 25.3 Å². The van der Waals surface area contributed by atoms with E-state index < -0.39 is 5.97 Å². The predicted molar refractivity (Wildman–Crippen MR) is 86.6 cm³/mol. The molecule has 0 bridgehead atoms. The summed E-state index contributed by atoms with van der Waals surface area (Å²) in [7, 11) is 0. The second-order valence-corrected chi connectivity index (χ2v) is 5.30. The topological polar surface area (TPSA) is 72.0 Å². The molecule has 3 aromatic rings. The predicted octanol–water partition coefficient (Wildman–Crippen LogP) is 3.22.